The van der Waals surface area contributed by atoms with Crippen LogP contribution >= 0.6 is 0 Å². The first-order valence-corrected chi connectivity index (χ1v) is 7.75. The minimum Gasteiger partial charge on any atom is -0.493 e. The molecular weight excluding hydrogens is 364 g/mol. The van der Waals surface area contributed by atoms with Crippen LogP contribution in [0, 0.1) is 10.1 Å². The van der Waals surface area contributed by atoms with Gasteiger partial charge in [-0.1, -0.05) is 12.1 Å². The van der Waals surface area contributed by atoms with Gasteiger partial charge in [0, 0.05) is 17.8 Å². The third-order valence-electron chi connectivity index (χ3n) is 3.51. The number of para-hydroxylation sites is 2. The largest absolute Gasteiger partial charge is 0.493 e. The molecule has 0 radical (unpaired) electrons. The summed E-state index contributed by atoms with van der Waals surface area (Å²) in [5, 5.41) is 16.3. The molecule has 1 amide bonds. The summed E-state index contributed by atoms with van der Waals surface area (Å²) < 4.78 is 34.3. The summed E-state index contributed by atoms with van der Waals surface area (Å²) >= 11 is 0. The second kappa shape index (κ2) is 8.79. The van der Waals surface area contributed by atoms with Crippen molar-refractivity contribution in [1.29, 1.82) is 0 Å². The number of nitrogens with zero attached hydrogens (tertiary/aromatic N) is 1. The summed E-state index contributed by atoms with van der Waals surface area (Å²) in [5.74, 6) is -0.627. The lowest BCUT2D eigenvalue weighted by molar-refractivity contribution is -0.383. The van der Waals surface area contributed by atoms with Crippen LogP contribution in [0.2, 0.25) is 0 Å². The lowest BCUT2D eigenvalue weighted by atomic mass is 10.2. The number of ether oxygens (including phenoxy) is 2. The van der Waals surface area contributed by atoms with Crippen molar-refractivity contribution in [2.45, 2.75) is 19.6 Å². The van der Waals surface area contributed by atoms with E-state index in [-0.39, 0.29) is 22.9 Å². The van der Waals surface area contributed by atoms with E-state index in [2.05, 4.69) is 15.4 Å². The number of hydrogen-bond acceptors (Lipinski definition) is 6. The fraction of sp³-hybridized carbons (Fsp3) is 0.235. The van der Waals surface area contributed by atoms with Crippen LogP contribution in [0.3, 0.4) is 0 Å². The Morgan fingerprint density at radius 1 is 1.19 bits per heavy atom. The van der Waals surface area contributed by atoms with E-state index in [1.54, 1.807) is 6.07 Å². The van der Waals surface area contributed by atoms with E-state index in [1.165, 1.54) is 50.4 Å². The van der Waals surface area contributed by atoms with Crippen molar-refractivity contribution in [1.82, 2.24) is 0 Å². The Kier molecular flexibility index (Phi) is 6.47. The number of nitro benzene ring substituents is 1. The molecule has 144 valence electrons. The van der Waals surface area contributed by atoms with Crippen LogP contribution in [0.1, 0.15) is 6.92 Å². The highest BCUT2D eigenvalue weighted by Crippen LogP contribution is 2.32. The molecule has 27 heavy (non-hydrogen) atoms. The van der Waals surface area contributed by atoms with Crippen LogP contribution in [-0.4, -0.2) is 30.6 Å². The predicted octanol–water partition coefficient (Wildman–Crippen LogP) is 3.64. The SMILES string of the molecule is COc1ccc(NC(C)C(=O)Nc2ccccc2[N+](=O)[O-])cc1OC(F)F. The molecule has 10 heteroatoms. The van der Waals surface area contributed by atoms with Gasteiger partial charge in [0.2, 0.25) is 5.91 Å². The molecule has 1 unspecified atom stereocenters. The summed E-state index contributed by atoms with van der Waals surface area (Å²) in [6.07, 6.45) is 0. The van der Waals surface area contributed by atoms with Gasteiger partial charge in [0.15, 0.2) is 11.5 Å². The molecule has 1 atom stereocenters. The molecule has 2 rings (SSSR count). The molecule has 0 aliphatic rings. The monoisotopic (exact) mass is 381 g/mol. The molecule has 0 fully saturated rings. The summed E-state index contributed by atoms with van der Waals surface area (Å²) in [7, 11) is 1.31. The molecule has 0 heterocycles. The van der Waals surface area contributed by atoms with Crippen molar-refractivity contribution in [3.63, 3.8) is 0 Å². The van der Waals surface area contributed by atoms with E-state index in [1.807, 2.05) is 0 Å². The van der Waals surface area contributed by atoms with Crippen molar-refractivity contribution < 1.29 is 28.0 Å². The standard InChI is InChI=1S/C17H17F2N3O5/c1-10(16(23)21-12-5-3-4-6-13(12)22(24)25)20-11-7-8-14(26-2)15(9-11)27-17(18)19/h3-10,17,20H,1-2H3,(H,21,23). The van der Waals surface area contributed by atoms with Crippen LogP contribution in [0.25, 0.3) is 0 Å². The highest BCUT2D eigenvalue weighted by Gasteiger charge is 2.19. The van der Waals surface area contributed by atoms with E-state index in [9.17, 15) is 23.7 Å². The van der Waals surface area contributed by atoms with Crippen LogP contribution < -0.4 is 20.1 Å². The topological polar surface area (TPSA) is 103 Å². The Morgan fingerprint density at radius 3 is 2.52 bits per heavy atom. The number of carbonyl (C=O) groups excluding carboxylic acids is 1. The number of methoxy groups -OCH3 is 1. The minimum atomic E-state index is -3.03. The lowest BCUT2D eigenvalue weighted by Crippen LogP contribution is -2.32. The third kappa shape index (κ3) is 5.27. The van der Waals surface area contributed by atoms with Crippen molar-refractivity contribution in [2.75, 3.05) is 17.7 Å². The maximum atomic E-state index is 12.5. The number of rotatable bonds is 8. The van der Waals surface area contributed by atoms with Crippen molar-refractivity contribution in [2.24, 2.45) is 0 Å². The molecule has 0 aliphatic carbocycles. The predicted molar refractivity (Wildman–Crippen MR) is 94.4 cm³/mol. The fourth-order valence-corrected chi connectivity index (χ4v) is 2.25. The van der Waals surface area contributed by atoms with Gasteiger partial charge < -0.3 is 20.1 Å². The molecule has 8 nitrogen and oxygen atoms in total. The number of halogens is 2. The first-order valence-electron chi connectivity index (χ1n) is 7.75. The average Bonchev–Trinajstić information content (AvgIpc) is 2.61. The van der Waals surface area contributed by atoms with Crippen molar-refractivity contribution in [3.8, 4) is 11.5 Å². The zero-order valence-corrected chi connectivity index (χ0v) is 14.4. The maximum Gasteiger partial charge on any atom is 0.387 e. The molecule has 2 aromatic carbocycles. The van der Waals surface area contributed by atoms with Crippen LogP contribution in [-0.2, 0) is 4.79 Å². The van der Waals surface area contributed by atoms with Crippen LogP contribution in [0.4, 0.5) is 25.8 Å². The second-order valence-corrected chi connectivity index (χ2v) is 5.37. The number of alkyl halides is 2. The summed E-state index contributed by atoms with van der Waals surface area (Å²) in [6.45, 7) is -1.52. The van der Waals surface area contributed by atoms with Gasteiger partial charge in [-0.05, 0) is 25.1 Å². The Morgan fingerprint density at radius 2 is 1.89 bits per heavy atom. The fourth-order valence-electron chi connectivity index (χ4n) is 2.25. The van der Waals surface area contributed by atoms with Gasteiger partial charge >= 0.3 is 6.61 Å². The molecular formula is C17H17F2N3O5. The number of carbonyl (C=O) groups is 1. The van der Waals surface area contributed by atoms with Gasteiger partial charge in [0.05, 0.1) is 12.0 Å². The van der Waals surface area contributed by atoms with E-state index in [0.717, 1.165) is 0 Å². The summed E-state index contributed by atoms with van der Waals surface area (Å²) in [6, 6.07) is 9.08. The molecule has 0 saturated heterocycles. The van der Waals surface area contributed by atoms with Gasteiger partial charge in [0.1, 0.15) is 11.7 Å². The van der Waals surface area contributed by atoms with Crippen LogP contribution in [0.5, 0.6) is 11.5 Å². The Bertz CT molecular complexity index is 832. The zero-order valence-electron chi connectivity index (χ0n) is 14.4. The van der Waals surface area contributed by atoms with E-state index >= 15 is 0 Å². The number of nitrogens with one attached hydrogen (secondary N) is 2. The van der Waals surface area contributed by atoms with E-state index in [4.69, 9.17) is 4.74 Å². The maximum absolute atomic E-state index is 12.5. The molecule has 2 aromatic rings. The molecule has 2 N–H and O–H groups in total. The first kappa shape index (κ1) is 19.9. The normalized spacial score (nSPS) is 11.6. The summed E-state index contributed by atoms with van der Waals surface area (Å²) in [4.78, 5) is 22.7. The molecule has 0 spiro atoms. The number of hydrogen-bond donors (Lipinski definition) is 2. The van der Waals surface area contributed by atoms with Crippen molar-refractivity contribution >= 4 is 23.0 Å². The van der Waals surface area contributed by atoms with Gasteiger partial charge in [-0.2, -0.15) is 8.78 Å². The van der Waals surface area contributed by atoms with Gasteiger partial charge in [-0.25, -0.2) is 0 Å². The average molecular weight is 381 g/mol. The summed E-state index contributed by atoms with van der Waals surface area (Å²) in [5.41, 5.74) is 0.143. The smallest absolute Gasteiger partial charge is 0.387 e. The van der Waals surface area contributed by atoms with Gasteiger partial charge in [0.25, 0.3) is 5.69 Å². The Balaban J connectivity index is 2.11. The minimum absolute atomic E-state index is 0.0533. The molecule has 0 saturated carbocycles. The van der Waals surface area contributed by atoms with E-state index < -0.39 is 23.5 Å². The highest BCUT2D eigenvalue weighted by atomic mass is 19.3. The van der Waals surface area contributed by atoms with Gasteiger partial charge in [-0.3, -0.25) is 14.9 Å². The number of anilines is 2. The zero-order chi connectivity index (χ0) is 20.0. The number of nitro groups is 1. The van der Waals surface area contributed by atoms with Gasteiger partial charge in [-0.15, -0.1) is 0 Å². The van der Waals surface area contributed by atoms with Crippen molar-refractivity contribution in [3.05, 3.63) is 52.6 Å². The third-order valence-corrected chi connectivity index (χ3v) is 3.51. The lowest BCUT2D eigenvalue weighted by Gasteiger charge is -2.17. The highest BCUT2D eigenvalue weighted by molar-refractivity contribution is 5.98. The second-order valence-electron chi connectivity index (χ2n) is 5.37. The Labute approximate surface area is 153 Å². The quantitative estimate of drug-likeness (QED) is 0.535. The molecule has 0 aliphatic heterocycles. The Hall–Kier alpha value is -3.43. The number of amides is 1. The molecule has 0 aromatic heterocycles. The van der Waals surface area contributed by atoms with Crippen LogP contribution in [0.15, 0.2) is 42.5 Å². The van der Waals surface area contributed by atoms with E-state index in [0.29, 0.717) is 5.69 Å². The molecule has 0 bridgehead atoms. The first-order chi connectivity index (χ1) is 12.8. The number of benzene rings is 2.